The van der Waals surface area contributed by atoms with Crippen LogP contribution < -0.4 is 10.1 Å². The molecule has 1 aromatic carbocycles. The Labute approximate surface area is 130 Å². The van der Waals surface area contributed by atoms with Crippen LogP contribution in [0.4, 0.5) is 0 Å². The van der Waals surface area contributed by atoms with Gasteiger partial charge in [-0.25, -0.2) is 0 Å². The first-order valence-corrected chi connectivity index (χ1v) is 8.64. The molecule has 0 atom stereocenters. The number of benzene rings is 1. The zero-order valence-electron chi connectivity index (χ0n) is 13.8. The maximum Gasteiger partial charge on any atom is 0.119 e. The van der Waals surface area contributed by atoms with Gasteiger partial charge in [0, 0.05) is 0 Å². The van der Waals surface area contributed by atoms with Gasteiger partial charge in [0.1, 0.15) is 5.75 Å². The maximum atomic E-state index is 5.52. The van der Waals surface area contributed by atoms with Gasteiger partial charge in [-0.2, -0.15) is 0 Å². The summed E-state index contributed by atoms with van der Waals surface area (Å²) in [7, 11) is 2.07. The van der Waals surface area contributed by atoms with E-state index in [0.29, 0.717) is 5.41 Å². The van der Waals surface area contributed by atoms with E-state index < -0.39 is 0 Å². The van der Waals surface area contributed by atoms with E-state index in [1.54, 1.807) is 0 Å². The van der Waals surface area contributed by atoms with Crippen LogP contribution in [0.25, 0.3) is 0 Å². The minimum absolute atomic E-state index is 0.583. The molecule has 1 aliphatic rings. The van der Waals surface area contributed by atoms with Crippen LogP contribution in [-0.4, -0.2) is 20.2 Å². The second-order valence-corrected chi connectivity index (χ2v) is 6.49. The molecule has 0 unspecified atom stereocenters. The summed E-state index contributed by atoms with van der Waals surface area (Å²) in [6, 6.07) is 8.69. The topological polar surface area (TPSA) is 21.3 Å². The smallest absolute Gasteiger partial charge is 0.119 e. The zero-order chi connectivity index (χ0) is 15.0. The molecule has 0 saturated heterocycles. The summed E-state index contributed by atoms with van der Waals surface area (Å²) in [6.45, 7) is 3.93. The summed E-state index contributed by atoms with van der Waals surface area (Å²) in [5.41, 5.74) is 2.03. The largest absolute Gasteiger partial charge is 0.494 e. The molecule has 2 nitrogen and oxygen atoms in total. The summed E-state index contributed by atoms with van der Waals surface area (Å²) in [6.07, 6.45) is 11.0. The fourth-order valence-electron chi connectivity index (χ4n) is 3.65. The fourth-order valence-corrected chi connectivity index (χ4v) is 3.65. The molecule has 0 heterocycles. The van der Waals surface area contributed by atoms with Gasteiger partial charge in [-0.05, 0) is 75.7 Å². The lowest BCUT2D eigenvalue weighted by Gasteiger charge is -2.38. The molecule has 0 aliphatic heterocycles. The van der Waals surface area contributed by atoms with E-state index in [0.717, 1.165) is 18.9 Å². The van der Waals surface area contributed by atoms with Crippen molar-refractivity contribution in [3.05, 3.63) is 29.8 Å². The van der Waals surface area contributed by atoms with E-state index in [9.17, 15) is 0 Å². The predicted octanol–water partition coefficient (Wildman–Crippen LogP) is 4.58. The normalized spacial score (nSPS) is 17.6. The molecule has 1 aliphatic carbocycles. The van der Waals surface area contributed by atoms with Crippen LogP contribution in [-0.2, 0) is 6.42 Å². The van der Waals surface area contributed by atoms with Crippen LogP contribution in [0.1, 0.15) is 57.4 Å². The van der Waals surface area contributed by atoms with Crippen LogP contribution in [0.15, 0.2) is 24.3 Å². The average molecular weight is 289 g/mol. The van der Waals surface area contributed by atoms with Crippen LogP contribution in [0.3, 0.4) is 0 Å². The summed E-state index contributed by atoms with van der Waals surface area (Å²) in [4.78, 5) is 0. The maximum absolute atomic E-state index is 5.52. The summed E-state index contributed by atoms with van der Waals surface area (Å²) < 4.78 is 5.52. The van der Waals surface area contributed by atoms with E-state index in [1.165, 1.54) is 56.9 Å². The van der Waals surface area contributed by atoms with Gasteiger partial charge in [0.25, 0.3) is 0 Å². The highest BCUT2D eigenvalue weighted by Gasteiger charge is 2.30. The van der Waals surface area contributed by atoms with E-state index in [1.807, 2.05) is 6.92 Å². The number of hydrogen-bond acceptors (Lipinski definition) is 2. The molecular formula is C19H31NO. The van der Waals surface area contributed by atoms with Crippen molar-refractivity contribution in [1.29, 1.82) is 0 Å². The van der Waals surface area contributed by atoms with Crippen molar-refractivity contribution in [3.8, 4) is 5.75 Å². The zero-order valence-corrected chi connectivity index (χ0v) is 13.8. The minimum Gasteiger partial charge on any atom is -0.494 e. The van der Waals surface area contributed by atoms with Crippen molar-refractivity contribution >= 4 is 0 Å². The van der Waals surface area contributed by atoms with Crippen molar-refractivity contribution in [1.82, 2.24) is 5.32 Å². The molecule has 2 heteroatoms. The highest BCUT2D eigenvalue weighted by atomic mass is 16.5. The standard InChI is InChI=1S/C19H31NO/c1-3-21-18-9-7-17(8-10-18)11-14-19(15-16-20-2)12-5-4-6-13-19/h7-10,20H,3-6,11-16H2,1-2H3. The molecule has 1 aromatic rings. The Balaban J connectivity index is 1.91. The van der Waals surface area contributed by atoms with Crippen LogP contribution in [0.2, 0.25) is 0 Å². The van der Waals surface area contributed by atoms with Crippen molar-refractivity contribution < 1.29 is 4.74 Å². The monoisotopic (exact) mass is 289 g/mol. The third-order valence-electron chi connectivity index (χ3n) is 5.00. The fraction of sp³-hybridized carbons (Fsp3) is 0.684. The van der Waals surface area contributed by atoms with Gasteiger partial charge in [-0.15, -0.1) is 0 Å². The molecule has 1 saturated carbocycles. The Bertz CT molecular complexity index is 393. The predicted molar refractivity (Wildman–Crippen MR) is 90.0 cm³/mol. The number of nitrogens with one attached hydrogen (secondary N) is 1. The Morgan fingerprint density at radius 1 is 1.05 bits per heavy atom. The highest BCUT2D eigenvalue weighted by molar-refractivity contribution is 5.27. The van der Waals surface area contributed by atoms with Crippen molar-refractivity contribution in [2.75, 3.05) is 20.2 Å². The number of ether oxygens (including phenoxy) is 1. The Kier molecular flexibility index (Phi) is 6.56. The lowest BCUT2D eigenvalue weighted by atomic mass is 9.68. The first kappa shape index (κ1) is 16.4. The number of aryl methyl sites for hydroxylation is 1. The summed E-state index contributed by atoms with van der Waals surface area (Å²) in [5, 5.41) is 3.34. The molecule has 2 rings (SSSR count). The Hall–Kier alpha value is -1.02. The van der Waals surface area contributed by atoms with Crippen molar-refractivity contribution in [2.45, 2.75) is 58.3 Å². The number of hydrogen-bond donors (Lipinski definition) is 1. The lowest BCUT2D eigenvalue weighted by molar-refractivity contribution is 0.157. The summed E-state index contributed by atoms with van der Waals surface area (Å²) in [5.74, 6) is 0.990. The van der Waals surface area contributed by atoms with Gasteiger partial charge in [-0.1, -0.05) is 31.4 Å². The molecule has 0 bridgehead atoms. The van der Waals surface area contributed by atoms with E-state index in [4.69, 9.17) is 4.74 Å². The quantitative estimate of drug-likeness (QED) is 0.756. The third kappa shape index (κ3) is 5.03. The number of rotatable bonds is 8. The van der Waals surface area contributed by atoms with Crippen LogP contribution in [0, 0.1) is 5.41 Å². The Morgan fingerprint density at radius 3 is 2.38 bits per heavy atom. The van der Waals surface area contributed by atoms with Gasteiger partial charge in [0.15, 0.2) is 0 Å². The van der Waals surface area contributed by atoms with Gasteiger partial charge in [0.05, 0.1) is 6.61 Å². The molecule has 118 valence electrons. The second kappa shape index (κ2) is 8.43. The van der Waals surface area contributed by atoms with E-state index >= 15 is 0 Å². The molecular weight excluding hydrogens is 258 g/mol. The molecule has 0 amide bonds. The lowest BCUT2D eigenvalue weighted by Crippen LogP contribution is -2.28. The van der Waals surface area contributed by atoms with E-state index in [2.05, 4.69) is 36.6 Å². The third-order valence-corrected chi connectivity index (χ3v) is 5.00. The van der Waals surface area contributed by atoms with Crippen LogP contribution in [0.5, 0.6) is 5.75 Å². The minimum atomic E-state index is 0.583. The van der Waals surface area contributed by atoms with E-state index in [-0.39, 0.29) is 0 Å². The van der Waals surface area contributed by atoms with Crippen molar-refractivity contribution in [2.24, 2.45) is 5.41 Å². The molecule has 0 radical (unpaired) electrons. The molecule has 0 aromatic heterocycles. The molecule has 1 fully saturated rings. The average Bonchev–Trinajstić information content (AvgIpc) is 2.54. The summed E-state index contributed by atoms with van der Waals surface area (Å²) >= 11 is 0. The van der Waals surface area contributed by atoms with Gasteiger partial charge >= 0.3 is 0 Å². The van der Waals surface area contributed by atoms with Gasteiger partial charge < -0.3 is 10.1 Å². The van der Waals surface area contributed by atoms with Gasteiger partial charge in [0.2, 0.25) is 0 Å². The molecule has 21 heavy (non-hydrogen) atoms. The van der Waals surface area contributed by atoms with Crippen LogP contribution >= 0.6 is 0 Å². The highest BCUT2D eigenvalue weighted by Crippen LogP contribution is 2.42. The SMILES string of the molecule is CCOc1ccc(CCC2(CCNC)CCCCC2)cc1. The molecule has 1 N–H and O–H groups in total. The van der Waals surface area contributed by atoms with Gasteiger partial charge in [-0.3, -0.25) is 0 Å². The van der Waals surface area contributed by atoms with Crippen molar-refractivity contribution in [3.63, 3.8) is 0 Å². The second-order valence-electron chi connectivity index (χ2n) is 6.49. The molecule has 0 spiro atoms. The first-order chi connectivity index (χ1) is 10.3. The first-order valence-electron chi connectivity index (χ1n) is 8.64. The Morgan fingerprint density at radius 2 is 1.76 bits per heavy atom.